The van der Waals surface area contributed by atoms with Gasteiger partial charge in [0, 0.05) is 28.5 Å². The highest BCUT2D eigenvalue weighted by atomic mass is 79.9. The van der Waals surface area contributed by atoms with Crippen LogP contribution in [0.15, 0.2) is 33.5 Å². The number of halogens is 1. The van der Waals surface area contributed by atoms with Crippen LogP contribution in [-0.2, 0) is 4.74 Å². The van der Waals surface area contributed by atoms with E-state index in [-0.39, 0.29) is 5.69 Å². The van der Waals surface area contributed by atoms with E-state index in [2.05, 4.69) is 26.1 Å². The highest BCUT2D eigenvalue weighted by Gasteiger charge is 2.14. The van der Waals surface area contributed by atoms with Crippen LogP contribution in [0.5, 0.6) is 0 Å². The molecule has 0 unspecified atom stereocenters. The number of pyridine rings is 1. The minimum absolute atomic E-state index is 0.154. The minimum Gasteiger partial charge on any atom is -0.461 e. The van der Waals surface area contributed by atoms with Crippen molar-refractivity contribution < 1.29 is 14.1 Å². The van der Waals surface area contributed by atoms with Crippen molar-refractivity contribution in [1.82, 2.24) is 10.1 Å². The van der Waals surface area contributed by atoms with Gasteiger partial charge >= 0.3 is 5.97 Å². The molecule has 2 heterocycles. The van der Waals surface area contributed by atoms with Crippen molar-refractivity contribution in [3.63, 3.8) is 0 Å². The van der Waals surface area contributed by atoms with E-state index in [1.54, 1.807) is 19.3 Å². The number of hydrogen-bond donors (Lipinski definition) is 0. The Morgan fingerprint density at radius 1 is 1.47 bits per heavy atom. The monoisotopic (exact) mass is 296 g/mol. The van der Waals surface area contributed by atoms with Crippen LogP contribution in [0.2, 0.25) is 0 Å². The van der Waals surface area contributed by atoms with Gasteiger partial charge in [0.1, 0.15) is 0 Å². The maximum atomic E-state index is 11.4. The Bertz CT molecular complexity index is 539. The fourth-order valence-corrected chi connectivity index (χ4v) is 1.62. The fraction of sp³-hybridized carbons (Fsp3) is 0.182. The highest BCUT2D eigenvalue weighted by molar-refractivity contribution is 9.10. The lowest BCUT2D eigenvalue weighted by molar-refractivity contribution is 0.0514. The van der Waals surface area contributed by atoms with Crippen LogP contribution in [0.3, 0.4) is 0 Å². The Kier molecular flexibility index (Phi) is 3.53. The van der Waals surface area contributed by atoms with Crippen molar-refractivity contribution >= 4 is 21.9 Å². The van der Waals surface area contributed by atoms with E-state index in [0.29, 0.717) is 12.4 Å². The van der Waals surface area contributed by atoms with Gasteiger partial charge in [0.2, 0.25) is 0 Å². The smallest absolute Gasteiger partial charge is 0.360 e. The van der Waals surface area contributed by atoms with Gasteiger partial charge in [-0.3, -0.25) is 4.98 Å². The summed E-state index contributed by atoms with van der Waals surface area (Å²) in [6.07, 6.45) is 3.28. The second-order valence-corrected chi connectivity index (χ2v) is 4.10. The summed E-state index contributed by atoms with van der Waals surface area (Å²) in [5.41, 5.74) is 0.893. The molecule has 88 valence electrons. The van der Waals surface area contributed by atoms with Crippen LogP contribution in [0.1, 0.15) is 17.4 Å². The van der Waals surface area contributed by atoms with E-state index < -0.39 is 5.97 Å². The molecule has 0 saturated heterocycles. The molecule has 0 aliphatic heterocycles. The number of carbonyl (C=O) groups is 1. The second-order valence-electron chi connectivity index (χ2n) is 3.19. The summed E-state index contributed by atoms with van der Waals surface area (Å²) in [4.78, 5) is 15.4. The quantitative estimate of drug-likeness (QED) is 0.815. The maximum Gasteiger partial charge on any atom is 0.360 e. The predicted octanol–water partition coefficient (Wildman–Crippen LogP) is 2.68. The highest BCUT2D eigenvalue weighted by Crippen LogP contribution is 2.22. The van der Waals surface area contributed by atoms with Crippen molar-refractivity contribution in [2.24, 2.45) is 0 Å². The van der Waals surface area contributed by atoms with Crippen LogP contribution in [0, 0.1) is 0 Å². The summed E-state index contributed by atoms with van der Waals surface area (Å²) in [7, 11) is 0. The summed E-state index contributed by atoms with van der Waals surface area (Å²) in [5, 5.41) is 3.65. The van der Waals surface area contributed by atoms with Gasteiger partial charge in [-0.1, -0.05) is 5.16 Å². The van der Waals surface area contributed by atoms with E-state index in [4.69, 9.17) is 9.26 Å². The van der Waals surface area contributed by atoms with Crippen molar-refractivity contribution in [3.8, 4) is 11.3 Å². The van der Waals surface area contributed by atoms with Crippen molar-refractivity contribution in [3.05, 3.63) is 34.7 Å². The Balaban J connectivity index is 2.27. The molecule has 0 N–H and O–H groups in total. The number of aromatic nitrogens is 2. The molecule has 0 fully saturated rings. The summed E-state index contributed by atoms with van der Waals surface area (Å²) in [6.45, 7) is 2.04. The SMILES string of the molecule is CCOC(=O)c1cc(-c2cncc(Br)c2)on1. The number of esters is 1. The largest absolute Gasteiger partial charge is 0.461 e. The molecule has 0 spiro atoms. The van der Waals surface area contributed by atoms with E-state index in [0.717, 1.165) is 10.0 Å². The molecule has 0 bridgehead atoms. The van der Waals surface area contributed by atoms with Crippen LogP contribution in [0.25, 0.3) is 11.3 Å². The van der Waals surface area contributed by atoms with Crippen LogP contribution >= 0.6 is 15.9 Å². The van der Waals surface area contributed by atoms with Crippen molar-refractivity contribution in [2.45, 2.75) is 6.92 Å². The minimum atomic E-state index is -0.495. The first-order chi connectivity index (χ1) is 8.20. The molecule has 2 aromatic heterocycles. The Morgan fingerprint density at radius 2 is 2.29 bits per heavy atom. The molecule has 0 radical (unpaired) electrons. The third-order valence-electron chi connectivity index (χ3n) is 1.98. The number of carbonyl (C=O) groups excluding carboxylic acids is 1. The molecular formula is C11H9BrN2O3. The van der Waals surface area contributed by atoms with Gasteiger partial charge in [-0.2, -0.15) is 0 Å². The second kappa shape index (κ2) is 5.09. The van der Waals surface area contributed by atoms with E-state index in [1.807, 2.05) is 6.07 Å². The zero-order valence-corrected chi connectivity index (χ0v) is 10.6. The molecule has 5 nitrogen and oxygen atoms in total. The van der Waals surface area contributed by atoms with Crippen molar-refractivity contribution in [2.75, 3.05) is 6.61 Å². The lowest BCUT2D eigenvalue weighted by Crippen LogP contribution is -2.04. The molecule has 0 atom stereocenters. The molecular weight excluding hydrogens is 288 g/mol. The molecule has 6 heteroatoms. The van der Waals surface area contributed by atoms with Crippen molar-refractivity contribution in [1.29, 1.82) is 0 Å². The van der Waals surface area contributed by atoms with Crippen LogP contribution < -0.4 is 0 Å². The molecule has 0 aromatic carbocycles. The van der Waals surface area contributed by atoms with E-state index in [9.17, 15) is 4.79 Å². The molecule has 0 saturated carbocycles. The Morgan fingerprint density at radius 3 is 3.00 bits per heavy atom. The first-order valence-corrected chi connectivity index (χ1v) is 5.74. The summed E-state index contributed by atoms with van der Waals surface area (Å²) >= 11 is 3.30. The van der Waals surface area contributed by atoms with E-state index >= 15 is 0 Å². The van der Waals surface area contributed by atoms with Gasteiger partial charge in [-0.15, -0.1) is 0 Å². The molecule has 0 amide bonds. The Labute approximate surface area is 106 Å². The average molecular weight is 297 g/mol. The summed E-state index contributed by atoms with van der Waals surface area (Å²) < 4.78 is 10.7. The molecule has 0 aliphatic carbocycles. The molecule has 17 heavy (non-hydrogen) atoms. The zero-order valence-electron chi connectivity index (χ0n) is 9.01. The lowest BCUT2D eigenvalue weighted by atomic mass is 10.2. The topological polar surface area (TPSA) is 65.2 Å². The van der Waals surface area contributed by atoms with Gasteiger partial charge in [0.25, 0.3) is 0 Å². The van der Waals surface area contributed by atoms with Gasteiger partial charge in [-0.05, 0) is 28.9 Å². The third kappa shape index (κ3) is 2.71. The molecule has 2 rings (SSSR count). The predicted molar refractivity (Wildman–Crippen MR) is 63.4 cm³/mol. The fourth-order valence-electron chi connectivity index (χ4n) is 1.26. The van der Waals surface area contributed by atoms with Crippen LogP contribution in [0.4, 0.5) is 0 Å². The summed E-state index contributed by atoms with van der Waals surface area (Å²) in [5.74, 6) is -0.0210. The molecule has 0 aliphatic rings. The number of hydrogen-bond acceptors (Lipinski definition) is 5. The van der Waals surface area contributed by atoms with Gasteiger partial charge in [-0.25, -0.2) is 4.79 Å². The van der Waals surface area contributed by atoms with Gasteiger partial charge < -0.3 is 9.26 Å². The Hall–Kier alpha value is -1.69. The lowest BCUT2D eigenvalue weighted by Gasteiger charge is -1.95. The standard InChI is InChI=1S/C11H9BrN2O3/c1-2-16-11(15)9-4-10(17-14-9)7-3-8(12)6-13-5-7/h3-6H,2H2,1H3. The number of ether oxygens (including phenoxy) is 1. The van der Waals surface area contributed by atoms with Crippen LogP contribution in [-0.4, -0.2) is 22.7 Å². The average Bonchev–Trinajstić information content (AvgIpc) is 2.78. The number of nitrogens with zero attached hydrogens (tertiary/aromatic N) is 2. The molecule has 2 aromatic rings. The van der Waals surface area contributed by atoms with Gasteiger partial charge in [0.15, 0.2) is 11.5 Å². The first kappa shape index (κ1) is 11.8. The third-order valence-corrected chi connectivity index (χ3v) is 2.42. The zero-order chi connectivity index (χ0) is 12.3. The summed E-state index contributed by atoms with van der Waals surface area (Å²) in [6, 6.07) is 3.35. The maximum absolute atomic E-state index is 11.4. The van der Waals surface area contributed by atoms with Gasteiger partial charge in [0.05, 0.1) is 6.61 Å². The first-order valence-electron chi connectivity index (χ1n) is 4.95. The normalized spacial score (nSPS) is 10.2. The number of rotatable bonds is 3. The van der Waals surface area contributed by atoms with E-state index in [1.165, 1.54) is 6.07 Å².